The molecule has 1 N–H and O–H groups in total. The molecule has 0 bridgehead atoms. The van der Waals surface area contributed by atoms with Crippen LogP contribution in [0.4, 0.5) is 5.13 Å². The van der Waals surface area contributed by atoms with Crippen LogP contribution < -0.4 is 10.2 Å². The number of amides is 2. The Morgan fingerprint density at radius 1 is 1.32 bits per heavy atom. The molecule has 0 spiro atoms. The fourth-order valence-corrected chi connectivity index (χ4v) is 4.17. The molecule has 6 heteroatoms. The summed E-state index contributed by atoms with van der Waals surface area (Å²) in [5.41, 5.74) is 1.90. The zero-order valence-corrected chi connectivity index (χ0v) is 14.8. The van der Waals surface area contributed by atoms with Crippen LogP contribution in [0, 0.1) is 5.92 Å². The average Bonchev–Trinajstić information content (AvgIpc) is 3.21. The molecule has 1 unspecified atom stereocenters. The van der Waals surface area contributed by atoms with E-state index in [1.54, 1.807) is 4.90 Å². The number of hydrogen-bond donors (Lipinski definition) is 1. The molecule has 2 amide bonds. The van der Waals surface area contributed by atoms with Gasteiger partial charge in [-0.05, 0) is 30.7 Å². The van der Waals surface area contributed by atoms with Gasteiger partial charge in [0.15, 0.2) is 5.13 Å². The second kappa shape index (κ2) is 6.96. The van der Waals surface area contributed by atoms with E-state index in [9.17, 15) is 9.59 Å². The van der Waals surface area contributed by atoms with Crippen LogP contribution in [-0.4, -0.2) is 23.3 Å². The van der Waals surface area contributed by atoms with Crippen LogP contribution in [-0.2, 0) is 16.0 Å². The van der Waals surface area contributed by atoms with Crippen molar-refractivity contribution in [2.45, 2.75) is 38.1 Å². The third-order valence-corrected chi connectivity index (χ3v) is 5.67. The van der Waals surface area contributed by atoms with Crippen molar-refractivity contribution >= 4 is 28.3 Å². The molecule has 2 heterocycles. The van der Waals surface area contributed by atoms with Gasteiger partial charge in [-0.15, -0.1) is 11.3 Å². The first-order chi connectivity index (χ1) is 12.2. The molecular formula is C19H21N3O2S. The molecule has 1 atom stereocenters. The molecule has 0 radical (unpaired) electrons. The molecule has 2 aromatic rings. The van der Waals surface area contributed by atoms with Gasteiger partial charge in [-0.3, -0.25) is 14.5 Å². The Hall–Kier alpha value is -2.21. The van der Waals surface area contributed by atoms with Crippen molar-refractivity contribution < 1.29 is 9.59 Å². The Morgan fingerprint density at radius 2 is 2.12 bits per heavy atom. The summed E-state index contributed by atoms with van der Waals surface area (Å²) in [4.78, 5) is 30.5. The lowest BCUT2D eigenvalue weighted by molar-refractivity contribution is -0.121. The first kappa shape index (κ1) is 16.3. The number of anilines is 1. The molecule has 2 aliphatic rings. The summed E-state index contributed by atoms with van der Waals surface area (Å²) < 4.78 is 0. The molecular weight excluding hydrogens is 334 g/mol. The first-order valence-corrected chi connectivity index (χ1v) is 9.68. The van der Waals surface area contributed by atoms with Crippen LogP contribution in [0.2, 0.25) is 0 Å². The summed E-state index contributed by atoms with van der Waals surface area (Å²) in [7, 11) is 0. The second-order valence-corrected chi connectivity index (χ2v) is 7.58. The molecule has 1 saturated heterocycles. The topological polar surface area (TPSA) is 62.3 Å². The molecule has 1 aromatic heterocycles. The number of nitrogens with one attached hydrogen (secondary N) is 1. The fourth-order valence-electron chi connectivity index (χ4n) is 3.30. The molecule has 1 aliphatic carbocycles. The van der Waals surface area contributed by atoms with E-state index in [0.717, 1.165) is 31.5 Å². The third-order valence-electron chi connectivity index (χ3n) is 4.75. The monoisotopic (exact) mass is 355 g/mol. The summed E-state index contributed by atoms with van der Waals surface area (Å²) in [5, 5.41) is 5.78. The zero-order chi connectivity index (χ0) is 17.2. The van der Waals surface area contributed by atoms with E-state index in [1.165, 1.54) is 16.9 Å². The van der Waals surface area contributed by atoms with Crippen LogP contribution in [0.1, 0.15) is 43.0 Å². The van der Waals surface area contributed by atoms with Crippen LogP contribution in [0.25, 0.3) is 0 Å². The van der Waals surface area contributed by atoms with Gasteiger partial charge in [-0.1, -0.05) is 30.3 Å². The number of thiazole rings is 1. The lowest BCUT2D eigenvalue weighted by Gasteiger charge is -2.18. The van der Waals surface area contributed by atoms with Gasteiger partial charge in [-0.2, -0.15) is 0 Å². The predicted molar refractivity (Wildman–Crippen MR) is 97.5 cm³/mol. The van der Waals surface area contributed by atoms with E-state index in [2.05, 4.69) is 22.4 Å². The highest BCUT2D eigenvalue weighted by Crippen LogP contribution is 2.41. The highest BCUT2D eigenvalue weighted by atomic mass is 32.1. The minimum absolute atomic E-state index is 0.00893. The van der Waals surface area contributed by atoms with Gasteiger partial charge in [0.2, 0.25) is 11.8 Å². The Balaban J connectivity index is 1.40. The molecule has 1 saturated carbocycles. The van der Waals surface area contributed by atoms with Gasteiger partial charge in [-0.25, -0.2) is 4.98 Å². The lowest BCUT2D eigenvalue weighted by Crippen LogP contribution is -2.31. The first-order valence-electron chi connectivity index (χ1n) is 8.80. The van der Waals surface area contributed by atoms with E-state index in [4.69, 9.17) is 0 Å². The molecule has 130 valence electrons. The van der Waals surface area contributed by atoms with Crippen molar-refractivity contribution in [2.75, 3.05) is 11.4 Å². The number of rotatable bonds is 6. The average molecular weight is 355 g/mol. The zero-order valence-electron chi connectivity index (χ0n) is 14.0. The summed E-state index contributed by atoms with van der Waals surface area (Å²) >= 11 is 1.44. The summed E-state index contributed by atoms with van der Waals surface area (Å²) in [6.07, 6.45) is 4.06. The normalized spacial score (nSPS) is 18.4. The predicted octanol–water partition coefficient (Wildman–Crippen LogP) is 3.08. The van der Waals surface area contributed by atoms with Gasteiger partial charge in [0.05, 0.1) is 18.2 Å². The van der Waals surface area contributed by atoms with Gasteiger partial charge in [0.1, 0.15) is 0 Å². The minimum Gasteiger partial charge on any atom is -0.349 e. The van der Waals surface area contributed by atoms with Crippen molar-refractivity contribution in [1.29, 1.82) is 0 Å². The summed E-state index contributed by atoms with van der Waals surface area (Å²) in [5.74, 6) is 0.660. The number of benzene rings is 1. The summed E-state index contributed by atoms with van der Waals surface area (Å²) in [6.45, 7) is 0.732. The Labute approximate surface area is 151 Å². The Kier molecular flexibility index (Phi) is 4.53. The van der Waals surface area contributed by atoms with Crippen LogP contribution in [0.15, 0.2) is 35.7 Å². The Bertz CT molecular complexity index is 770. The smallest absolute Gasteiger partial charge is 0.228 e. The molecule has 4 rings (SSSR count). The molecule has 1 aromatic carbocycles. The van der Waals surface area contributed by atoms with E-state index >= 15 is 0 Å². The maximum absolute atomic E-state index is 12.5. The van der Waals surface area contributed by atoms with Crippen molar-refractivity contribution in [1.82, 2.24) is 10.3 Å². The second-order valence-electron chi connectivity index (χ2n) is 6.74. The van der Waals surface area contributed by atoms with E-state index in [1.807, 2.05) is 23.6 Å². The van der Waals surface area contributed by atoms with Gasteiger partial charge >= 0.3 is 0 Å². The highest BCUT2D eigenvalue weighted by molar-refractivity contribution is 7.14. The third kappa shape index (κ3) is 3.74. The number of aromatic nitrogens is 1. The van der Waals surface area contributed by atoms with Gasteiger partial charge in [0, 0.05) is 18.3 Å². The number of carbonyl (C=O) groups is 2. The quantitative estimate of drug-likeness (QED) is 0.866. The van der Waals surface area contributed by atoms with Crippen LogP contribution in [0.3, 0.4) is 0 Å². The number of nitrogens with zero attached hydrogens (tertiary/aromatic N) is 2. The number of carbonyl (C=O) groups excluding carboxylic acids is 2. The van der Waals surface area contributed by atoms with Gasteiger partial charge < -0.3 is 5.32 Å². The van der Waals surface area contributed by atoms with Crippen molar-refractivity contribution in [3.63, 3.8) is 0 Å². The fraction of sp³-hybridized carbons (Fsp3) is 0.421. The standard InChI is InChI=1S/C19H21N3O2S/c23-16(21-18(14-8-9-14)13-5-2-1-3-6-13)11-15-12-25-19(20-15)22-10-4-7-17(22)24/h1-3,5-6,12,14,18H,4,7-11H2,(H,21,23). The van der Waals surface area contributed by atoms with Crippen LogP contribution >= 0.6 is 11.3 Å². The number of hydrogen-bond acceptors (Lipinski definition) is 4. The van der Waals surface area contributed by atoms with E-state index in [0.29, 0.717) is 17.5 Å². The Morgan fingerprint density at radius 3 is 2.80 bits per heavy atom. The van der Waals surface area contributed by atoms with Crippen LogP contribution in [0.5, 0.6) is 0 Å². The van der Waals surface area contributed by atoms with Gasteiger partial charge in [0.25, 0.3) is 0 Å². The molecule has 25 heavy (non-hydrogen) atoms. The molecule has 1 aliphatic heterocycles. The largest absolute Gasteiger partial charge is 0.349 e. The molecule has 2 fully saturated rings. The summed E-state index contributed by atoms with van der Waals surface area (Å²) in [6, 6.07) is 10.2. The van der Waals surface area contributed by atoms with E-state index in [-0.39, 0.29) is 24.3 Å². The maximum atomic E-state index is 12.5. The SMILES string of the molecule is O=C(Cc1csc(N2CCCC2=O)n1)NC(c1ccccc1)C1CC1. The van der Waals surface area contributed by atoms with Crippen molar-refractivity contribution in [2.24, 2.45) is 5.92 Å². The minimum atomic E-state index is -0.00893. The highest BCUT2D eigenvalue weighted by Gasteiger charge is 2.33. The lowest BCUT2D eigenvalue weighted by atomic mass is 10.0. The van der Waals surface area contributed by atoms with Crippen molar-refractivity contribution in [3.05, 3.63) is 47.0 Å². The van der Waals surface area contributed by atoms with Crippen molar-refractivity contribution in [3.8, 4) is 0 Å². The molecule has 5 nitrogen and oxygen atoms in total. The maximum Gasteiger partial charge on any atom is 0.228 e. The van der Waals surface area contributed by atoms with E-state index < -0.39 is 0 Å².